The molecular weight excluding hydrogens is 454 g/mol. The van der Waals surface area contributed by atoms with Gasteiger partial charge in [-0.3, -0.25) is 4.79 Å². The van der Waals surface area contributed by atoms with E-state index in [1.54, 1.807) is 13.1 Å². The first kappa shape index (κ1) is 23.4. The highest BCUT2D eigenvalue weighted by Crippen LogP contribution is 2.34. The Morgan fingerprint density at radius 2 is 1.73 bits per heavy atom. The van der Waals surface area contributed by atoms with E-state index < -0.39 is 21.7 Å². The molecule has 4 rings (SSSR count). The van der Waals surface area contributed by atoms with Crippen LogP contribution in [0.1, 0.15) is 24.8 Å². The van der Waals surface area contributed by atoms with Crippen LogP contribution in [-0.4, -0.2) is 56.9 Å². The lowest BCUT2D eigenvalue weighted by atomic mass is 9.96. The molecule has 2 aliphatic rings. The number of amides is 1. The van der Waals surface area contributed by atoms with Crippen LogP contribution in [0, 0.1) is 17.6 Å². The summed E-state index contributed by atoms with van der Waals surface area (Å²) in [5.74, 6) is -1.43. The van der Waals surface area contributed by atoms with Crippen LogP contribution in [0.15, 0.2) is 41.3 Å². The highest BCUT2D eigenvalue weighted by atomic mass is 32.2. The number of ether oxygens (including phenoxy) is 2. The van der Waals surface area contributed by atoms with Crippen molar-refractivity contribution in [3.63, 3.8) is 0 Å². The topological polar surface area (TPSA) is 76.2 Å². The summed E-state index contributed by atoms with van der Waals surface area (Å²) in [5.41, 5.74) is 0.485. The monoisotopic (exact) mass is 480 g/mol. The molecule has 1 fully saturated rings. The van der Waals surface area contributed by atoms with E-state index in [0.29, 0.717) is 43.1 Å². The van der Waals surface area contributed by atoms with E-state index in [-0.39, 0.29) is 36.4 Å². The van der Waals surface area contributed by atoms with Crippen molar-refractivity contribution in [2.45, 2.75) is 30.7 Å². The SMILES string of the molecule is CN(Cc1ccc(F)c(F)c1)C(=O)C1CCN(S(=O)(=O)c2ccc3c(c2)OCCCO3)CC1. The molecule has 0 atom stereocenters. The Morgan fingerprint density at radius 3 is 2.42 bits per heavy atom. The van der Waals surface area contributed by atoms with E-state index in [2.05, 4.69) is 0 Å². The zero-order valence-electron chi connectivity index (χ0n) is 18.3. The summed E-state index contributed by atoms with van der Waals surface area (Å²) in [6.45, 7) is 1.55. The summed E-state index contributed by atoms with van der Waals surface area (Å²) in [4.78, 5) is 14.4. The summed E-state index contributed by atoms with van der Waals surface area (Å²) < 4.78 is 65.4. The Labute approximate surface area is 191 Å². The fraction of sp³-hybridized carbons (Fsp3) is 0.435. The lowest BCUT2D eigenvalue weighted by Gasteiger charge is -2.32. The van der Waals surface area contributed by atoms with Crippen molar-refractivity contribution in [3.8, 4) is 11.5 Å². The number of sulfonamides is 1. The van der Waals surface area contributed by atoms with Gasteiger partial charge in [-0.15, -0.1) is 0 Å². The Morgan fingerprint density at radius 1 is 1.03 bits per heavy atom. The molecule has 178 valence electrons. The van der Waals surface area contributed by atoms with Crippen molar-refractivity contribution in [3.05, 3.63) is 53.6 Å². The van der Waals surface area contributed by atoms with E-state index in [9.17, 15) is 22.0 Å². The lowest BCUT2D eigenvalue weighted by molar-refractivity contribution is -0.135. The molecule has 2 heterocycles. The molecule has 0 saturated carbocycles. The maximum atomic E-state index is 13.4. The molecule has 0 bridgehead atoms. The van der Waals surface area contributed by atoms with Gasteiger partial charge in [-0.1, -0.05) is 6.07 Å². The van der Waals surface area contributed by atoms with Gasteiger partial charge in [0.1, 0.15) is 0 Å². The van der Waals surface area contributed by atoms with Crippen LogP contribution in [0.2, 0.25) is 0 Å². The quantitative estimate of drug-likeness (QED) is 0.657. The van der Waals surface area contributed by atoms with Gasteiger partial charge in [0.25, 0.3) is 0 Å². The van der Waals surface area contributed by atoms with Crippen molar-refractivity contribution in [1.82, 2.24) is 9.21 Å². The molecule has 33 heavy (non-hydrogen) atoms. The van der Waals surface area contributed by atoms with Crippen molar-refractivity contribution in [2.24, 2.45) is 5.92 Å². The molecule has 0 unspecified atom stereocenters. The number of carbonyl (C=O) groups excluding carboxylic acids is 1. The Hall–Kier alpha value is -2.72. The Balaban J connectivity index is 1.38. The number of benzene rings is 2. The third-order valence-electron chi connectivity index (χ3n) is 5.94. The van der Waals surface area contributed by atoms with Crippen LogP contribution >= 0.6 is 0 Å². The predicted molar refractivity (Wildman–Crippen MR) is 116 cm³/mol. The van der Waals surface area contributed by atoms with Gasteiger partial charge in [0, 0.05) is 45.1 Å². The van der Waals surface area contributed by atoms with E-state index >= 15 is 0 Å². The van der Waals surface area contributed by atoms with Crippen molar-refractivity contribution < 1.29 is 31.5 Å². The molecule has 1 saturated heterocycles. The van der Waals surface area contributed by atoms with Crippen LogP contribution in [0.3, 0.4) is 0 Å². The minimum absolute atomic E-state index is 0.131. The number of hydrogen-bond donors (Lipinski definition) is 0. The molecule has 0 N–H and O–H groups in total. The van der Waals surface area contributed by atoms with E-state index in [1.165, 1.54) is 27.4 Å². The highest BCUT2D eigenvalue weighted by Gasteiger charge is 2.33. The third kappa shape index (κ3) is 5.11. The molecule has 0 radical (unpaired) electrons. The predicted octanol–water partition coefficient (Wildman–Crippen LogP) is 3.19. The van der Waals surface area contributed by atoms with Gasteiger partial charge >= 0.3 is 0 Å². The minimum atomic E-state index is -3.74. The largest absolute Gasteiger partial charge is 0.490 e. The summed E-state index contributed by atoms with van der Waals surface area (Å²) in [7, 11) is -2.14. The Kier molecular flexibility index (Phi) is 6.85. The van der Waals surface area contributed by atoms with Crippen LogP contribution in [0.4, 0.5) is 8.78 Å². The van der Waals surface area contributed by atoms with Crippen molar-refractivity contribution in [2.75, 3.05) is 33.4 Å². The smallest absolute Gasteiger partial charge is 0.243 e. The second-order valence-electron chi connectivity index (χ2n) is 8.28. The summed E-state index contributed by atoms with van der Waals surface area (Å²) in [6, 6.07) is 8.15. The number of fused-ring (bicyclic) bond motifs is 1. The first-order valence-electron chi connectivity index (χ1n) is 10.8. The zero-order chi connectivity index (χ0) is 23.6. The molecular formula is C23H26F2N2O5S. The van der Waals surface area contributed by atoms with Gasteiger partial charge in [0.15, 0.2) is 23.1 Å². The van der Waals surface area contributed by atoms with Gasteiger partial charge < -0.3 is 14.4 Å². The van der Waals surface area contributed by atoms with E-state index in [1.807, 2.05) is 0 Å². The van der Waals surface area contributed by atoms with Gasteiger partial charge in [0.05, 0.1) is 18.1 Å². The summed E-state index contributed by atoms with van der Waals surface area (Å²) in [5, 5.41) is 0. The maximum absolute atomic E-state index is 13.4. The highest BCUT2D eigenvalue weighted by molar-refractivity contribution is 7.89. The van der Waals surface area contributed by atoms with Gasteiger partial charge in [-0.2, -0.15) is 4.31 Å². The van der Waals surface area contributed by atoms with E-state index in [0.717, 1.165) is 18.6 Å². The molecule has 0 spiro atoms. The van der Waals surface area contributed by atoms with E-state index in [4.69, 9.17) is 9.47 Å². The number of piperidine rings is 1. The molecule has 2 aromatic rings. The summed E-state index contributed by atoms with van der Waals surface area (Å²) in [6.07, 6.45) is 1.48. The lowest BCUT2D eigenvalue weighted by Crippen LogP contribution is -2.43. The maximum Gasteiger partial charge on any atom is 0.243 e. The number of halogens is 2. The first-order valence-corrected chi connectivity index (χ1v) is 12.3. The van der Waals surface area contributed by atoms with Crippen molar-refractivity contribution >= 4 is 15.9 Å². The molecule has 0 aliphatic carbocycles. The van der Waals surface area contributed by atoms with Gasteiger partial charge in [0.2, 0.25) is 15.9 Å². The Bertz CT molecular complexity index is 1130. The van der Waals surface area contributed by atoms with Crippen LogP contribution < -0.4 is 9.47 Å². The fourth-order valence-corrected chi connectivity index (χ4v) is 5.58. The molecule has 1 amide bonds. The third-order valence-corrected chi connectivity index (χ3v) is 7.83. The van der Waals surface area contributed by atoms with Crippen LogP contribution in [0.5, 0.6) is 11.5 Å². The van der Waals surface area contributed by atoms with Crippen LogP contribution in [-0.2, 0) is 21.4 Å². The first-order chi connectivity index (χ1) is 15.8. The molecule has 2 aromatic carbocycles. The zero-order valence-corrected chi connectivity index (χ0v) is 19.1. The number of carbonyl (C=O) groups is 1. The minimum Gasteiger partial charge on any atom is -0.490 e. The average Bonchev–Trinajstić information content (AvgIpc) is 3.06. The second kappa shape index (κ2) is 9.64. The molecule has 2 aliphatic heterocycles. The van der Waals surface area contributed by atoms with Crippen LogP contribution in [0.25, 0.3) is 0 Å². The normalized spacial score (nSPS) is 17.4. The van der Waals surface area contributed by atoms with Crippen molar-refractivity contribution in [1.29, 1.82) is 0 Å². The second-order valence-corrected chi connectivity index (χ2v) is 10.2. The molecule has 10 heteroatoms. The fourth-order valence-electron chi connectivity index (χ4n) is 4.10. The average molecular weight is 481 g/mol. The number of rotatable bonds is 5. The summed E-state index contributed by atoms with van der Waals surface area (Å²) >= 11 is 0. The molecule has 0 aromatic heterocycles. The standard InChI is InChI=1S/C23H26F2N2O5S/c1-26(15-16-3-5-19(24)20(25)13-16)23(28)17-7-9-27(10-8-17)33(29,30)18-4-6-21-22(14-18)32-12-2-11-31-21/h3-6,13-14,17H,2,7-12,15H2,1H3. The number of hydrogen-bond acceptors (Lipinski definition) is 5. The number of nitrogens with zero attached hydrogens (tertiary/aromatic N) is 2. The van der Waals surface area contributed by atoms with Gasteiger partial charge in [-0.25, -0.2) is 17.2 Å². The van der Waals surface area contributed by atoms with Gasteiger partial charge in [-0.05, 0) is 42.7 Å². The molecule has 7 nitrogen and oxygen atoms in total.